The second-order valence-electron chi connectivity index (χ2n) is 4.95. The summed E-state index contributed by atoms with van der Waals surface area (Å²) < 4.78 is 0. The standard InChI is InChI=1S/C16H12N6O4/c23-12-5-1-3-9(13(12)24)7-19-22-16(26)10-8-17-14(20-15(10)25)11-4-2-6-18-21-11/h1-8,23-24H,(H,22,26)(H,17,20,25)/b19-7+. The van der Waals surface area contributed by atoms with Gasteiger partial charge in [0.1, 0.15) is 11.3 Å². The van der Waals surface area contributed by atoms with Crippen LogP contribution in [0.15, 0.2) is 47.8 Å². The number of benzene rings is 1. The highest BCUT2D eigenvalue weighted by Gasteiger charge is 2.15. The first-order chi connectivity index (χ1) is 12.6. The van der Waals surface area contributed by atoms with E-state index in [0.29, 0.717) is 5.69 Å². The number of para-hydroxylation sites is 1. The van der Waals surface area contributed by atoms with Gasteiger partial charge in [-0.15, -0.1) is 5.10 Å². The first kappa shape index (κ1) is 16.8. The summed E-state index contributed by atoms with van der Waals surface area (Å²) in [7, 11) is 0. The minimum atomic E-state index is -0.760. The zero-order valence-corrected chi connectivity index (χ0v) is 13.1. The number of aromatic nitrogens is 4. The second-order valence-corrected chi connectivity index (χ2v) is 4.95. The van der Waals surface area contributed by atoms with Crippen molar-refractivity contribution in [3.63, 3.8) is 0 Å². The number of carbonyl (C=O) groups excluding carboxylic acids is 1. The van der Waals surface area contributed by atoms with E-state index in [4.69, 9.17) is 0 Å². The van der Waals surface area contributed by atoms with Crippen molar-refractivity contribution in [1.29, 1.82) is 0 Å². The summed E-state index contributed by atoms with van der Waals surface area (Å²) >= 11 is 0. The fraction of sp³-hybridized carbons (Fsp3) is 0. The van der Waals surface area contributed by atoms with Crippen LogP contribution in [0, 0.1) is 0 Å². The molecule has 4 N–H and O–H groups in total. The van der Waals surface area contributed by atoms with Crippen LogP contribution in [-0.2, 0) is 0 Å². The van der Waals surface area contributed by atoms with E-state index in [9.17, 15) is 20.1 Å². The fourth-order valence-corrected chi connectivity index (χ4v) is 1.95. The van der Waals surface area contributed by atoms with E-state index >= 15 is 0 Å². The van der Waals surface area contributed by atoms with E-state index in [1.54, 1.807) is 12.1 Å². The minimum Gasteiger partial charge on any atom is -0.504 e. The molecule has 10 nitrogen and oxygen atoms in total. The molecule has 0 saturated carbocycles. The van der Waals surface area contributed by atoms with Crippen LogP contribution in [-0.4, -0.2) is 47.6 Å². The molecule has 1 aromatic carbocycles. The number of nitrogens with zero attached hydrogens (tertiary/aromatic N) is 5. The van der Waals surface area contributed by atoms with Gasteiger partial charge in [0.05, 0.1) is 6.21 Å². The summed E-state index contributed by atoms with van der Waals surface area (Å²) in [6.45, 7) is 0. The van der Waals surface area contributed by atoms with Gasteiger partial charge in [-0.3, -0.25) is 4.79 Å². The number of amides is 1. The predicted octanol–water partition coefficient (Wildman–Crippen LogP) is 0.814. The number of hydrogen-bond acceptors (Lipinski definition) is 9. The average Bonchev–Trinajstić information content (AvgIpc) is 2.65. The third-order valence-electron chi connectivity index (χ3n) is 3.23. The van der Waals surface area contributed by atoms with Gasteiger partial charge in [-0.1, -0.05) is 6.07 Å². The maximum Gasteiger partial charge on any atom is 0.278 e. The molecule has 2 aromatic heterocycles. The van der Waals surface area contributed by atoms with Gasteiger partial charge >= 0.3 is 0 Å². The van der Waals surface area contributed by atoms with Crippen LogP contribution in [0.2, 0.25) is 0 Å². The van der Waals surface area contributed by atoms with Crippen molar-refractivity contribution in [3.8, 4) is 28.9 Å². The summed E-state index contributed by atoms with van der Waals surface area (Å²) in [6, 6.07) is 7.53. The van der Waals surface area contributed by atoms with Crippen molar-refractivity contribution in [2.24, 2.45) is 5.10 Å². The number of phenolic OH excluding ortho intramolecular Hbond substituents is 2. The quantitative estimate of drug-likeness (QED) is 0.306. The van der Waals surface area contributed by atoms with Crippen molar-refractivity contribution in [2.45, 2.75) is 0 Å². The highest BCUT2D eigenvalue weighted by Crippen LogP contribution is 2.26. The molecule has 10 heteroatoms. The molecule has 0 fully saturated rings. The molecule has 26 heavy (non-hydrogen) atoms. The lowest BCUT2D eigenvalue weighted by molar-refractivity contribution is 0.0951. The molecular formula is C16H12N6O4. The predicted molar refractivity (Wildman–Crippen MR) is 89.6 cm³/mol. The summed E-state index contributed by atoms with van der Waals surface area (Å²) in [5.41, 5.74) is 2.50. The van der Waals surface area contributed by atoms with Gasteiger partial charge in [0.15, 0.2) is 17.3 Å². The maximum atomic E-state index is 12.1. The topological polar surface area (TPSA) is 154 Å². The van der Waals surface area contributed by atoms with E-state index in [1.807, 2.05) is 0 Å². The van der Waals surface area contributed by atoms with Crippen LogP contribution < -0.4 is 5.43 Å². The number of hydrogen-bond donors (Lipinski definition) is 4. The highest BCUT2D eigenvalue weighted by molar-refractivity contribution is 5.96. The summed E-state index contributed by atoms with van der Waals surface area (Å²) in [5.74, 6) is -1.88. The van der Waals surface area contributed by atoms with Crippen LogP contribution in [0.1, 0.15) is 15.9 Å². The Labute approximate surface area is 146 Å². The lowest BCUT2D eigenvalue weighted by Gasteiger charge is -2.04. The Morgan fingerprint density at radius 3 is 2.73 bits per heavy atom. The smallest absolute Gasteiger partial charge is 0.278 e. The van der Waals surface area contributed by atoms with E-state index < -0.39 is 11.8 Å². The summed E-state index contributed by atoms with van der Waals surface area (Å²) in [5, 5.41) is 40.1. The molecule has 0 spiro atoms. The second kappa shape index (κ2) is 7.21. The molecule has 2 heterocycles. The first-order valence-electron chi connectivity index (χ1n) is 7.24. The number of rotatable bonds is 4. The molecule has 3 rings (SSSR count). The largest absolute Gasteiger partial charge is 0.504 e. The molecule has 0 radical (unpaired) electrons. The lowest BCUT2D eigenvalue weighted by atomic mass is 10.2. The Balaban J connectivity index is 1.74. The monoisotopic (exact) mass is 352 g/mol. The SMILES string of the molecule is O=C(N/N=C/c1cccc(O)c1O)c1cnc(-c2cccnn2)nc1O. The van der Waals surface area contributed by atoms with Gasteiger partial charge in [-0.05, 0) is 24.3 Å². The van der Waals surface area contributed by atoms with Crippen LogP contribution in [0.3, 0.4) is 0 Å². The molecule has 0 bridgehead atoms. The van der Waals surface area contributed by atoms with E-state index in [0.717, 1.165) is 12.4 Å². The molecular weight excluding hydrogens is 340 g/mol. The number of hydrazone groups is 1. The van der Waals surface area contributed by atoms with Crippen LogP contribution in [0.25, 0.3) is 11.5 Å². The van der Waals surface area contributed by atoms with Crippen molar-refractivity contribution >= 4 is 12.1 Å². The van der Waals surface area contributed by atoms with Crippen molar-refractivity contribution in [1.82, 2.24) is 25.6 Å². The third-order valence-corrected chi connectivity index (χ3v) is 3.23. The zero-order chi connectivity index (χ0) is 18.5. The van der Waals surface area contributed by atoms with E-state index in [-0.39, 0.29) is 28.5 Å². The van der Waals surface area contributed by atoms with Crippen molar-refractivity contribution in [2.75, 3.05) is 0 Å². The average molecular weight is 352 g/mol. The summed E-state index contributed by atoms with van der Waals surface area (Å²) in [6.07, 6.45) is 3.75. The van der Waals surface area contributed by atoms with Crippen molar-refractivity contribution in [3.05, 3.63) is 53.9 Å². The normalized spacial score (nSPS) is 10.8. The minimum absolute atomic E-state index is 0.111. The fourth-order valence-electron chi connectivity index (χ4n) is 1.95. The number of phenols is 2. The maximum absolute atomic E-state index is 12.1. The molecule has 1 amide bonds. The lowest BCUT2D eigenvalue weighted by Crippen LogP contribution is -2.18. The Hall–Kier alpha value is -4.08. The van der Waals surface area contributed by atoms with Gasteiger partial charge in [0.2, 0.25) is 5.88 Å². The van der Waals surface area contributed by atoms with E-state index in [2.05, 4.69) is 30.7 Å². The van der Waals surface area contributed by atoms with Gasteiger partial charge in [0, 0.05) is 18.0 Å². The Kier molecular flexibility index (Phi) is 4.65. The summed E-state index contributed by atoms with van der Waals surface area (Å²) in [4.78, 5) is 19.8. The first-order valence-corrected chi connectivity index (χ1v) is 7.24. The molecule has 0 atom stereocenters. The number of carbonyl (C=O) groups is 1. The number of nitrogens with one attached hydrogen (secondary N) is 1. The molecule has 0 saturated heterocycles. The van der Waals surface area contributed by atoms with Gasteiger partial charge in [0.25, 0.3) is 5.91 Å². The Morgan fingerprint density at radius 2 is 2.00 bits per heavy atom. The Morgan fingerprint density at radius 1 is 1.15 bits per heavy atom. The Bertz CT molecular complexity index is 978. The van der Waals surface area contributed by atoms with Gasteiger partial charge in [-0.2, -0.15) is 15.2 Å². The van der Waals surface area contributed by atoms with Crippen molar-refractivity contribution < 1.29 is 20.1 Å². The molecule has 0 aliphatic heterocycles. The van der Waals surface area contributed by atoms with Crippen LogP contribution in [0.5, 0.6) is 17.4 Å². The highest BCUT2D eigenvalue weighted by atomic mass is 16.3. The van der Waals surface area contributed by atoms with Crippen LogP contribution >= 0.6 is 0 Å². The molecule has 0 aliphatic carbocycles. The molecule has 0 aliphatic rings. The third kappa shape index (κ3) is 3.53. The molecule has 3 aromatic rings. The number of aromatic hydroxyl groups is 3. The van der Waals surface area contributed by atoms with Gasteiger partial charge < -0.3 is 15.3 Å². The van der Waals surface area contributed by atoms with Crippen LogP contribution in [0.4, 0.5) is 0 Å². The molecule has 130 valence electrons. The zero-order valence-electron chi connectivity index (χ0n) is 13.1. The molecule has 0 unspecified atom stereocenters. The van der Waals surface area contributed by atoms with Gasteiger partial charge in [-0.25, -0.2) is 10.4 Å². The van der Waals surface area contributed by atoms with E-state index in [1.165, 1.54) is 24.4 Å².